The molecular weight excluding hydrogens is 410 g/mol. The summed E-state index contributed by atoms with van der Waals surface area (Å²) in [6.07, 6.45) is 12.2. The van der Waals surface area contributed by atoms with Gasteiger partial charge >= 0.3 is 0 Å². The Labute approximate surface area is 197 Å². The number of carbonyl (C=O) groups excluding carboxylic acids is 1. The molecule has 0 saturated carbocycles. The second-order valence-corrected chi connectivity index (χ2v) is 9.49. The molecule has 2 aromatic rings. The van der Waals surface area contributed by atoms with Gasteiger partial charge in [-0.3, -0.25) is 10.2 Å². The first kappa shape index (κ1) is 23.7. The molecular formula is C27H39N5O. The fourth-order valence-corrected chi connectivity index (χ4v) is 5.04. The number of amides is 1. The topological polar surface area (TPSA) is 74.0 Å². The fraction of sp³-hybridized carbons (Fsp3) is 0.593. The van der Waals surface area contributed by atoms with Crippen molar-refractivity contribution in [2.45, 2.75) is 77.2 Å². The third kappa shape index (κ3) is 6.53. The molecule has 178 valence electrons. The van der Waals surface area contributed by atoms with Crippen LogP contribution in [0.3, 0.4) is 0 Å². The van der Waals surface area contributed by atoms with E-state index in [2.05, 4.69) is 29.6 Å². The van der Waals surface area contributed by atoms with Crippen molar-refractivity contribution in [3.05, 3.63) is 46.9 Å². The Hall–Kier alpha value is -2.47. The van der Waals surface area contributed by atoms with Gasteiger partial charge in [-0.05, 0) is 42.9 Å². The Kier molecular flexibility index (Phi) is 8.70. The molecule has 0 radical (unpaired) electrons. The number of rotatable bonds is 11. The first-order valence-corrected chi connectivity index (χ1v) is 12.9. The van der Waals surface area contributed by atoms with Crippen LogP contribution in [0, 0.1) is 5.41 Å². The Bertz CT molecular complexity index is 977. The van der Waals surface area contributed by atoms with Crippen molar-refractivity contribution in [1.82, 2.24) is 20.0 Å². The first-order valence-electron chi connectivity index (χ1n) is 12.9. The molecule has 0 bridgehead atoms. The highest BCUT2D eigenvalue weighted by Gasteiger charge is 2.18. The van der Waals surface area contributed by atoms with Crippen LogP contribution in [0.25, 0.3) is 11.3 Å². The number of hydrogen-bond donors (Lipinski definition) is 2. The molecule has 1 aliphatic heterocycles. The summed E-state index contributed by atoms with van der Waals surface area (Å²) in [7, 11) is 0. The van der Waals surface area contributed by atoms with Gasteiger partial charge in [0.1, 0.15) is 5.49 Å². The zero-order valence-electron chi connectivity index (χ0n) is 20.0. The lowest BCUT2D eigenvalue weighted by Crippen LogP contribution is -2.46. The van der Waals surface area contributed by atoms with Crippen LogP contribution < -0.4 is 10.8 Å². The maximum atomic E-state index is 12.2. The number of hydrogen-bond acceptors (Lipinski definition) is 4. The number of fused-ring (bicyclic) bond motifs is 3. The van der Waals surface area contributed by atoms with Crippen molar-refractivity contribution in [2.24, 2.45) is 0 Å². The fourth-order valence-electron chi connectivity index (χ4n) is 5.04. The van der Waals surface area contributed by atoms with Crippen molar-refractivity contribution in [3.63, 3.8) is 0 Å². The van der Waals surface area contributed by atoms with Gasteiger partial charge in [-0.2, -0.15) is 5.10 Å². The second kappa shape index (κ2) is 12.1. The highest BCUT2D eigenvalue weighted by Crippen LogP contribution is 2.30. The Morgan fingerprint density at radius 2 is 1.58 bits per heavy atom. The zero-order valence-corrected chi connectivity index (χ0v) is 20.0. The van der Waals surface area contributed by atoms with Crippen LogP contribution in [0.15, 0.2) is 30.3 Å². The highest BCUT2D eigenvalue weighted by atomic mass is 16.2. The largest absolute Gasteiger partial charge is 0.340 e. The summed E-state index contributed by atoms with van der Waals surface area (Å²) in [6.45, 7) is 4.43. The van der Waals surface area contributed by atoms with Gasteiger partial charge in [-0.1, -0.05) is 62.8 Å². The molecule has 2 heterocycles. The van der Waals surface area contributed by atoms with Crippen LogP contribution in [-0.2, 0) is 24.2 Å². The molecule has 2 N–H and O–H groups in total. The van der Waals surface area contributed by atoms with Crippen molar-refractivity contribution in [1.29, 1.82) is 5.41 Å². The monoisotopic (exact) mass is 449 g/mol. The minimum absolute atomic E-state index is 0.335. The normalized spacial score (nSPS) is 15.2. The van der Waals surface area contributed by atoms with Gasteiger partial charge in [0.05, 0.1) is 5.69 Å². The maximum Gasteiger partial charge on any atom is 0.222 e. The average Bonchev–Trinajstić information content (AvgIpc) is 2.85. The molecule has 1 amide bonds. The number of nitrogens with zero attached hydrogens (tertiary/aromatic N) is 3. The number of unbranched alkanes of at least 4 members (excludes halogenated alkanes) is 7. The molecule has 1 aromatic heterocycles. The van der Waals surface area contributed by atoms with Crippen molar-refractivity contribution in [2.75, 3.05) is 26.2 Å². The molecule has 6 nitrogen and oxygen atoms in total. The van der Waals surface area contributed by atoms with Crippen molar-refractivity contribution < 1.29 is 4.79 Å². The summed E-state index contributed by atoms with van der Waals surface area (Å²) in [6, 6.07) is 10.6. The first-order chi connectivity index (χ1) is 16.2. The third-order valence-corrected chi connectivity index (χ3v) is 7.03. The van der Waals surface area contributed by atoms with E-state index in [1.807, 2.05) is 15.6 Å². The number of aryl methyl sites for hydroxylation is 3. The lowest BCUT2D eigenvalue weighted by molar-refractivity contribution is -0.131. The maximum absolute atomic E-state index is 12.2. The number of aromatic nitrogens is 2. The van der Waals surface area contributed by atoms with E-state index in [1.54, 1.807) is 0 Å². The molecule has 33 heavy (non-hydrogen) atoms. The Balaban J connectivity index is 1.10. The summed E-state index contributed by atoms with van der Waals surface area (Å²) in [5.41, 5.74) is 5.42. The van der Waals surface area contributed by atoms with Crippen LogP contribution in [0.2, 0.25) is 0 Å². The van der Waals surface area contributed by atoms with Crippen LogP contribution in [0.4, 0.5) is 0 Å². The minimum Gasteiger partial charge on any atom is -0.340 e. The second-order valence-electron chi connectivity index (χ2n) is 9.49. The number of benzene rings is 1. The number of nitrogens with one attached hydrogen (secondary N) is 2. The molecule has 4 rings (SSSR count). The lowest BCUT2D eigenvalue weighted by Gasteiger charge is -2.27. The third-order valence-electron chi connectivity index (χ3n) is 7.03. The predicted octanol–water partition coefficient (Wildman–Crippen LogP) is 4.07. The Morgan fingerprint density at radius 1 is 0.909 bits per heavy atom. The number of piperazine rings is 1. The molecule has 0 spiro atoms. The molecule has 0 unspecified atom stereocenters. The molecule has 1 fully saturated rings. The van der Waals surface area contributed by atoms with Gasteiger partial charge < -0.3 is 10.2 Å². The van der Waals surface area contributed by atoms with E-state index in [4.69, 9.17) is 10.5 Å². The van der Waals surface area contributed by atoms with Crippen LogP contribution >= 0.6 is 0 Å². The summed E-state index contributed by atoms with van der Waals surface area (Å²) in [4.78, 5) is 14.2. The van der Waals surface area contributed by atoms with E-state index in [0.717, 1.165) is 70.5 Å². The van der Waals surface area contributed by atoms with E-state index in [0.29, 0.717) is 17.8 Å². The molecule has 1 aliphatic carbocycles. The van der Waals surface area contributed by atoms with Crippen LogP contribution in [0.1, 0.15) is 68.9 Å². The smallest absolute Gasteiger partial charge is 0.222 e. The summed E-state index contributed by atoms with van der Waals surface area (Å²) in [5, 5.41) is 16.5. The predicted molar refractivity (Wildman–Crippen MR) is 132 cm³/mol. The Morgan fingerprint density at radius 3 is 2.36 bits per heavy atom. The van der Waals surface area contributed by atoms with E-state index in [1.165, 1.54) is 48.8 Å². The van der Waals surface area contributed by atoms with E-state index in [-0.39, 0.29) is 0 Å². The summed E-state index contributed by atoms with van der Waals surface area (Å²) >= 11 is 0. The zero-order chi connectivity index (χ0) is 22.9. The van der Waals surface area contributed by atoms with Gasteiger partial charge in [0, 0.05) is 44.7 Å². The summed E-state index contributed by atoms with van der Waals surface area (Å²) in [5.74, 6) is 0.335. The number of carbonyl (C=O) groups is 1. The molecule has 0 atom stereocenters. The molecule has 1 aromatic carbocycles. The molecule has 2 aliphatic rings. The SMILES string of the molecule is N=c1cc2c(nn1CCCCCCCCCCC(=O)N1CCNCC1)-c1ccccc1CC2. The van der Waals surface area contributed by atoms with Crippen molar-refractivity contribution >= 4 is 5.91 Å². The van der Waals surface area contributed by atoms with Gasteiger partial charge in [0.2, 0.25) is 5.91 Å². The lowest BCUT2D eigenvalue weighted by atomic mass is 9.89. The van der Waals surface area contributed by atoms with Gasteiger partial charge in [-0.15, -0.1) is 0 Å². The van der Waals surface area contributed by atoms with Gasteiger partial charge in [0.25, 0.3) is 0 Å². The van der Waals surface area contributed by atoms with Crippen LogP contribution in [0.5, 0.6) is 0 Å². The average molecular weight is 450 g/mol. The van der Waals surface area contributed by atoms with E-state index in [9.17, 15) is 4.79 Å². The van der Waals surface area contributed by atoms with E-state index < -0.39 is 0 Å². The van der Waals surface area contributed by atoms with Crippen molar-refractivity contribution in [3.8, 4) is 11.3 Å². The highest BCUT2D eigenvalue weighted by molar-refractivity contribution is 5.76. The summed E-state index contributed by atoms with van der Waals surface area (Å²) < 4.78 is 1.89. The standard InChI is InChI=1S/C27H39N5O/c28-25-21-23-15-14-22-11-8-9-12-24(22)27(23)30-32(25)18-10-6-4-2-1-3-5-7-13-26(33)31-19-16-29-17-20-31/h8-9,11-12,21,28-29H,1-7,10,13-20H2. The van der Waals surface area contributed by atoms with E-state index >= 15 is 0 Å². The van der Waals surface area contributed by atoms with Crippen LogP contribution in [-0.4, -0.2) is 46.8 Å². The van der Waals surface area contributed by atoms with Gasteiger partial charge in [-0.25, -0.2) is 4.68 Å². The minimum atomic E-state index is 0.335. The molecule has 1 saturated heterocycles. The quantitative estimate of drug-likeness (QED) is 0.508. The van der Waals surface area contributed by atoms with Gasteiger partial charge in [0.15, 0.2) is 0 Å². The molecule has 6 heteroatoms.